The molecule has 0 saturated heterocycles. The second-order valence-corrected chi connectivity index (χ2v) is 21.3. The zero-order valence-electron chi connectivity index (χ0n) is 44.9. The Morgan fingerprint density at radius 3 is 2.20 bits per heavy atom. The Balaban J connectivity index is 0.636. The zero-order chi connectivity index (χ0) is 57.6. The number of carbonyl (C=O) groups is 3. The number of aryl methyl sites for hydroxylation is 2. The van der Waals surface area contributed by atoms with Crippen molar-refractivity contribution >= 4 is 90.3 Å². The lowest BCUT2D eigenvalue weighted by molar-refractivity contribution is -0.360. The third-order valence-electron chi connectivity index (χ3n) is 14.1. The van der Waals surface area contributed by atoms with E-state index in [-0.39, 0.29) is 81.6 Å². The van der Waals surface area contributed by atoms with Crippen LogP contribution < -0.4 is 26.4 Å². The summed E-state index contributed by atoms with van der Waals surface area (Å²) in [6.07, 6.45) is 14.6. The normalized spacial score (nSPS) is 14.0. The van der Waals surface area contributed by atoms with Crippen LogP contribution in [-0.2, 0) is 20.8 Å². The first kappa shape index (κ1) is 55.6. The predicted molar refractivity (Wildman–Crippen MR) is 317 cm³/mol. The lowest BCUT2D eigenvalue weighted by Crippen LogP contribution is -2.50. The van der Waals surface area contributed by atoms with Crippen molar-refractivity contribution in [1.29, 1.82) is 0 Å². The third kappa shape index (κ3) is 12.5. The van der Waals surface area contributed by atoms with Crippen LogP contribution in [0.5, 0.6) is 5.75 Å². The number of halogens is 2. The van der Waals surface area contributed by atoms with Crippen LogP contribution in [0.3, 0.4) is 0 Å². The lowest BCUT2D eigenvalue weighted by Gasteiger charge is -2.30. The van der Waals surface area contributed by atoms with Gasteiger partial charge in [0.25, 0.3) is 23.7 Å². The summed E-state index contributed by atoms with van der Waals surface area (Å²) in [5.41, 5.74) is 9.81. The molecule has 4 aromatic carbocycles. The van der Waals surface area contributed by atoms with Gasteiger partial charge in [0.15, 0.2) is 18.0 Å². The summed E-state index contributed by atoms with van der Waals surface area (Å²) in [6.45, 7) is 0.835. The van der Waals surface area contributed by atoms with Gasteiger partial charge in [0.05, 0.1) is 37.8 Å². The number of hydrogen-bond acceptors (Lipinski definition) is 12. The number of thiophene rings is 1. The van der Waals surface area contributed by atoms with Crippen molar-refractivity contribution in [3.8, 4) is 5.75 Å². The van der Waals surface area contributed by atoms with Gasteiger partial charge in [0.1, 0.15) is 10.4 Å². The van der Waals surface area contributed by atoms with Crippen molar-refractivity contribution in [2.45, 2.75) is 26.3 Å². The number of nitrogens with one attached hydrogen (secondary N) is 5. The van der Waals surface area contributed by atoms with Crippen LogP contribution in [0.15, 0.2) is 137 Å². The molecule has 0 bridgehead atoms. The first-order chi connectivity index (χ1) is 40.2. The van der Waals surface area contributed by atoms with Crippen molar-refractivity contribution in [3.05, 3.63) is 225 Å². The van der Waals surface area contributed by atoms with Gasteiger partial charge in [-0.3, -0.25) is 29.3 Å². The van der Waals surface area contributed by atoms with E-state index >= 15 is 8.63 Å². The number of benzene rings is 4. The predicted octanol–water partition coefficient (Wildman–Crippen LogP) is 8.64. The molecule has 18 nitrogen and oxygen atoms in total. The minimum absolute atomic E-state index is 0.0222. The molecular weight excluding hydrogens is 1100 g/mol. The SMILES string of the molecule is Cc1ccc2c(c1)C=Cc1cc(C)ccc1C2c1cn(Cc2cc(C(=O)NCCOCCOCCNC(=O)COc3ccc(/C=C/c4ccc5n4[B-](F)(F)[N+]4=C(c6cccs6)C=CC4=C5)cc3)cc(C(=O)Nc3nn[nH]n3)c2)c(=O)[nH]c1=S. The van der Waals surface area contributed by atoms with Gasteiger partial charge in [-0.2, -0.15) is 5.21 Å². The summed E-state index contributed by atoms with van der Waals surface area (Å²) < 4.78 is 53.3. The highest BCUT2D eigenvalue weighted by atomic mass is 32.1. The van der Waals surface area contributed by atoms with Crippen LogP contribution in [0.2, 0.25) is 0 Å². The number of rotatable bonds is 21. The van der Waals surface area contributed by atoms with Crippen molar-refractivity contribution < 1.29 is 41.7 Å². The number of ether oxygens (including phenoxy) is 3. The number of nitrogens with zero attached hydrogens (tertiary/aromatic N) is 6. The molecule has 0 fully saturated rings. The van der Waals surface area contributed by atoms with Crippen LogP contribution >= 0.6 is 23.6 Å². The number of carbonyl (C=O) groups excluding carboxylic acids is 3. The second-order valence-electron chi connectivity index (χ2n) is 19.9. The lowest BCUT2D eigenvalue weighted by atomic mass is 9.83. The summed E-state index contributed by atoms with van der Waals surface area (Å²) in [6, 6.07) is 31.2. The summed E-state index contributed by atoms with van der Waals surface area (Å²) in [4.78, 5) is 57.0. The Kier molecular flexibility index (Phi) is 16.4. The quantitative estimate of drug-likeness (QED) is 0.0261. The van der Waals surface area contributed by atoms with Crippen LogP contribution in [0.4, 0.5) is 14.6 Å². The van der Waals surface area contributed by atoms with E-state index < -0.39 is 24.5 Å². The molecule has 5 N–H and O–H groups in total. The van der Waals surface area contributed by atoms with E-state index in [4.69, 9.17) is 26.4 Å². The number of fused-ring (bicyclic) bond motifs is 4. The van der Waals surface area contributed by atoms with Gasteiger partial charge in [0, 0.05) is 71.5 Å². The van der Waals surface area contributed by atoms with E-state index in [1.807, 2.05) is 31.4 Å². The fourth-order valence-electron chi connectivity index (χ4n) is 10.3. The molecule has 3 amide bonds. The molecule has 8 aromatic rings. The van der Waals surface area contributed by atoms with Crippen LogP contribution in [0.25, 0.3) is 30.4 Å². The average Bonchev–Trinajstić information content (AvgIpc) is 2.97. The van der Waals surface area contributed by atoms with Gasteiger partial charge in [-0.25, -0.2) is 4.79 Å². The average molecular weight is 1150 g/mol. The van der Waals surface area contributed by atoms with E-state index in [0.717, 1.165) is 52.8 Å². The fraction of sp³-hybridized carbons (Fsp3) is 0.183. The molecule has 0 atom stereocenters. The number of H-pyrrole nitrogens is 2. The van der Waals surface area contributed by atoms with Gasteiger partial charge in [-0.1, -0.05) is 101 Å². The van der Waals surface area contributed by atoms with Gasteiger partial charge in [0.2, 0.25) is 0 Å². The van der Waals surface area contributed by atoms with Crippen LogP contribution in [0.1, 0.15) is 93.0 Å². The van der Waals surface area contributed by atoms with Crippen LogP contribution in [0, 0.1) is 18.5 Å². The molecule has 1 aliphatic carbocycles. The van der Waals surface area contributed by atoms with Gasteiger partial charge in [-0.05, 0) is 112 Å². The molecule has 83 heavy (non-hydrogen) atoms. The van der Waals surface area contributed by atoms with Gasteiger partial charge in [-0.15, -0.1) is 16.4 Å². The van der Waals surface area contributed by atoms with Crippen molar-refractivity contribution in [1.82, 2.24) is 45.3 Å². The smallest absolute Gasteiger partial charge is 0.484 e. The molecule has 3 aliphatic rings. The Labute approximate surface area is 483 Å². The highest BCUT2D eigenvalue weighted by Gasteiger charge is 2.52. The molecule has 11 rings (SSSR count). The van der Waals surface area contributed by atoms with E-state index in [2.05, 4.69) is 90.1 Å². The van der Waals surface area contributed by atoms with Gasteiger partial charge >= 0.3 is 12.7 Å². The number of aromatic amines is 2. The highest BCUT2D eigenvalue weighted by molar-refractivity contribution is 7.71. The maximum Gasteiger partial charge on any atom is 0.737 e. The standard InChI is InChI=1S/C60H54BF2N11O7S2/c1-37-5-18-49-41(28-37)10-11-42-29-38(2)6-19-50(42)55(49)51-35-72(60(78)67-58(51)82)34-40-30-43(32-44(31-40)57(77)66-59-68-70-71-69-59)56(76)65-22-24-80-26-25-79-23-21-64-54(75)36-81-48-16-8-39(9-17-48)7-12-45-13-14-46-33-47-15-20-52(53-4-3-27-83-53)74(47)61(62,63)73(45)46/h3-20,27-33,35,55H,21-26,34,36H2,1-2H3,(H,64,75)(H,65,76)(H,67,78,82)(H2,66,68,69,70,71,77)/b12-7+. The molecular formula is C60H54BF2N11O7S2. The van der Waals surface area contributed by atoms with E-state index in [1.54, 1.807) is 85.1 Å². The van der Waals surface area contributed by atoms with Crippen molar-refractivity contribution in [2.75, 3.05) is 51.4 Å². The van der Waals surface area contributed by atoms with Crippen molar-refractivity contribution in [3.63, 3.8) is 0 Å². The number of hydrogen-bond donors (Lipinski definition) is 5. The number of anilines is 1. The third-order valence-corrected chi connectivity index (χ3v) is 15.4. The summed E-state index contributed by atoms with van der Waals surface area (Å²) in [7, 11) is 0. The molecule has 0 radical (unpaired) electrons. The summed E-state index contributed by atoms with van der Waals surface area (Å²) >= 11 is 7.28. The number of aromatic nitrogens is 7. The second kappa shape index (κ2) is 24.4. The van der Waals surface area contributed by atoms with E-state index in [1.165, 1.54) is 22.0 Å². The minimum Gasteiger partial charge on any atom is -0.484 e. The molecule has 420 valence electrons. The topological polar surface area (TPSA) is 215 Å². The Morgan fingerprint density at radius 2 is 1.52 bits per heavy atom. The summed E-state index contributed by atoms with van der Waals surface area (Å²) in [5, 5.41) is 23.4. The largest absolute Gasteiger partial charge is 0.737 e. The van der Waals surface area contributed by atoms with Gasteiger partial charge < -0.3 is 42.4 Å². The molecule has 2 aliphatic heterocycles. The summed E-state index contributed by atoms with van der Waals surface area (Å²) in [5.74, 6) is -1.37. The van der Waals surface area contributed by atoms with Crippen molar-refractivity contribution in [2.24, 2.45) is 0 Å². The van der Waals surface area contributed by atoms with Crippen LogP contribution in [-0.4, -0.2) is 116 Å². The number of amides is 3. The zero-order valence-corrected chi connectivity index (χ0v) is 46.6. The highest BCUT2D eigenvalue weighted by Crippen LogP contribution is 2.40. The molecule has 4 aromatic heterocycles. The molecule has 0 unspecified atom stereocenters. The number of allylic oxidation sites excluding steroid dienone is 2. The molecule has 23 heteroatoms. The van der Waals surface area contributed by atoms with E-state index in [0.29, 0.717) is 44.3 Å². The Hall–Kier alpha value is -9.29. The Morgan fingerprint density at radius 1 is 0.807 bits per heavy atom. The Bertz CT molecular complexity index is 4020. The minimum atomic E-state index is -4.16. The maximum atomic E-state index is 16.2. The molecule has 0 saturated carbocycles. The monoisotopic (exact) mass is 1150 g/mol. The first-order valence-electron chi connectivity index (χ1n) is 26.6. The van der Waals surface area contributed by atoms with E-state index in [9.17, 15) is 19.2 Å². The number of tetrazole rings is 1. The maximum absolute atomic E-state index is 16.2. The fourth-order valence-corrected chi connectivity index (χ4v) is 11.3. The molecule has 6 heterocycles. The molecule has 0 spiro atoms. The first-order valence-corrected chi connectivity index (χ1v) is 27.9.